The maximum absolute atomic E-state index is 5.89. The molecule has 4 heteroatoms. The number of aliphatic imine (C=N–C) groups is 1. The second-order valence-electron chi connectivity index (χ2n) is 5.66. The molecule has 0 radical (unpaired) electrons. The molecule has 1 aliphatic rings. The highest BCUT2D eigenvalue weighted by Crippen LogP contribution is 2.28. The summed E-state index contributed by atoms with van der Waals surface area (Å²) in [5.74, 6) is 2.53. The molecule has 0 bridgehead atoms. The van der Waals surface area contributed by atoms with Gasteiger partial charge in [0.05, 0.1) is 6.54 Å². The summed E-state index contributed by atoms with van der Waals surface area (Å²) in [6, 6.07) is 8.70. The molecule has 1 aromatic rings. The third kappa shape index (κ3) is 4.44. The lowest BCUT2D eigenvalue weighted by atomic mass is 10.2. The third-order valence-electron chi connectivity index (χ3n) is 3.54. The maximum Gasteiger partial charge on any atom is 0.191 e. The average Bonchev–Trinajstić information content (AvgIpc) is 3.10. The van der Waals surface area contributed by atoms with E-state index in [9.17, 15) is 0 Å². The van der Waals surface area contributed by atoms with Gasteiger partial charge in [0, 0.05) is 13.1 Å². The molecule has 4 nitrogen and oxygen atoms in total. The summed E-state index contributed by atoms with van der Waals surface area (Å²) in [5, 5.41) is 6.71. The molecule has 1 aliphatic carbocycles. The first-order valence-corrected chi connectivity index (χ1v) is 7.29. The Morgan fingerprint density at radius 2 is 2.25 bits per heavy atom. The topological polar surface area (TPSA) is 45.7 Å². The molecule has 3 unspecified atom stereocenters. The van der Waals surface area contributed by atoms with Gasteiger partial charge in [-0.1, -0.05) is 19.1 Å². The number of nitrogens with zero attached hydrogens (tertiary/aromatic N) is 1. The summed E-state index contributed by atoms with van der Waals surface area (Å²) in [6.07, 6.45) is 1.32. The highest BCUT2D eigenvalue weighted by atomic mass is 16.5. The summed E-state index contributed by atoms with van der Waals surface area (Å²) >= 11 is 0. The van der Waals surface area contributed by atoms with Crippen LogP contribution in [0.3, 0.4) is 0 Å². The third-order valence-corrected chi connectivity index (χ3v) is 3.54. The van der Waals surface area contributed by atoms with Crippen molar-refractivity contribution in [2.45, 2.75) is 39.3 Å². The van der Waals surface area contributed by atoms with Crippen LogP contribution in [0.5, 0.6) is 5.75 Å². The van der Waals surface area contributed by atoms with Crippen LogP contribution in [0.25, 0.3) is 0 Å². The minimum atomic E-state index is 0.0898. The second-order valence-corrected chi connectivity index (χ2v) is 5.66. The highest BCUT2D eigenvalue weighted by Gasteiger charge is 2.33. The molecule has 20 heavy (non-hydrogen) atoms. The quantitative estimate of drug-likeness (QED) is 0.640. The van der Waals surface area contributed by atoms with Gasteiger partial charge in [0.1, 0.15) is 11.9 Å². The van der Waals surface area contributed by atoms with Crippen molar-refractivity contribution in [2.24, 2.45) is 10.9 Å². The van der Waals surface area contributed by atoms with Crippen LogP contribution in [0, 0.1) is 12.8 Å². The molecule has 1 saturated carbocycles. The van der Waals surface area contributed by atoms with Gasteiger partial charge >= 0.3 is 0 Å². The summed E-state index contributed by atoms with van der Waals surface area (Å²) < 4.78 is 5.89. The Kier molecular flexibility index (Phi) is 4.88. The second kappa shape index (κ2) is 6.64. The van der Waals surface area contributed by atoms with Crippen molar-refractivity contribution in [1.29, 1.82) is 0 Å². The summed E-state index contributed by atoms with van der Waals surface area (Å²) in [4.78, 5) is 4.23. The molecule has 1 fully saturated rings. The molecule has 0 aliphatic heterocycles. The van der Waals surface area contributed by atoms with Gasteiger partial charge in [0.25, 0.3) is 0 Å². The van der Waals surface area contributed by atoms with E-state index in [4.69, 9.17) is 4.74 Å². The van der Waals surface area contributed by atoms with Crippen LogP contribution in [0.2, 0.25) is 0 Å². The molecule has 3 atom stereocenters. The van der Waals surface area contributed by atoms with Crippen molar-refractivity contribution in [3.05, 3.63) is 29.8 Å². The van der Waals surface area contributed by atoms with E-state index in [0.717, 1.165) is 24.2 Å². The Morgan fingerprint density at radius 1 is 1.50 bits per heavy atom. The van der Waals surface area contributed by atoms with E-state index in [2.05, 4.69) is 48.5 Å². The summed E-state index contributed by atoms with van der Waals surface area (Å²) in [6.45, 7) is 7.10. The van der Waals surface area contributed by atoms with E-state index in [1.54, 1.807) is 7.05 Å². The minimum absolute atomic E-state index is 0.0898. The van der Waals surface area contributed by atoms with E-state index in [-0.39, 0.29) is 6.10 Å². The molecular weight excluding hydrogens is 250 g/mol. The van der Waals surface area contributed by atoms with Crippen molar-refractivity contribution in [1.82, 2.24) is 10.6 Å². The van der Waals surface area contributed by atoms with E-state index in [0.29, 0.717) is 6.04 Å². The van der Waals surface area contributed by atoms with Gasteiger partial charge in [0.2, 0.25) is 0 Å². The molecule has 0 saturated heterocycles. The molecular formula is C16H25N3O. The Balaban J connectivity index is 1.75. The lowest BCUT2D eigenvalue weighted by Gasteiger charge is -2.18. The number of benzene rings is 1. The number of hydrogen-bond acceptors (Lipinski definition) is 2. The van der Waals surface area contributed by atoms with Gasteiger partial charge < -0.3 is 15.4 Å². The van der Waals surface area contributed by atoms with Gasteiger partial charge in [0.15, 0.2) is 5.96 Å². The van der Waals surface area contributed by atoms with Gasteiger partial charge in [-0.15, -0.1) is 0 Å². The fraction of sp³-hybridized carbons (Fsp3) is 0.562. The first-order chi connectivity index (χ1) is 9.58. The van der Waals surface area contributed by atoms with Gasteiger partial charge in [-0.25, -0.2) is 0 Å². The monoisotopic (exact) mass is 275 g/mol. The Morgan fingerprint density at radius 3 is 2.85 bits per heavy atom. The number of aryl methyl sites for hydroxylation is 1. The molecule has 0 heterocycles. The Bertz CT molecular complexity index is 473. The number of guanidine groups is 1. The summed E-state index contributed by atoms with van der Waals surface area (Å²) in [5.41, 5.74) is 1.21. The van der Waals surface area contributed by atoms with Crippen LogP contribution in [0.15, 0.2) is 29.3 Å². The summed E-state index contributed by atoms with van der Waals surface area (Å²) in [7, 11) is 1.80. The number of nitrogens with one attached hydrogen (secondary N) is 2. The zero-order valence-electron chi connectivity index (χ0n) is 12.8. The van der Waals surface area contributed by atoms with Crippen molar-refractivity contribution < 1.29 is 4.74 Å². The highest BCUT2D eigenvalue weighted by molar-refractivity contribution is 5.80. The van der Waals surface area contributed by atoms with Crippen LogP contribution in [0.1, 0.15) is 25.8 Å². The van der Waals surface area contributed by atoms with E-state index in [1.165, 1.54) is 12.0 Å². The fourth-order valence-electron chi connectivity index (χ4n) is 2.10. The van der Waals surface area contributed by atoms with Crippen LogP contribution in [-0.4, -0.2) is 31.7 Å². The van der Waals surface area contributed by atoms with Gasteiger partial charge in [-0.3, -0.25) is 4.99 Å². The zero-order valence-corrected chi connectivity index (χ0v) is 12.8. The van der Waals surface area contributed by atoms with Gasteiger partial charge in [-0.2, -0.15) is 0 Å². The van der Waals surface area contributed by atoms with Crippen molar-refractivity contribution >= 4 is 5.96 Å². The molecule has 110 valence electrons. The van der Waals surface area contributed by atoms with Crippen molar-refractivity contribution in [3.63, 3.8) is 0 Å². The maximum atomic E-state index is 5.89. The molecule has 0 spiro atoms. The van der Waals surface area contributed by atoms with Crippen LogP contribution < -0.4 is 15.4 Å². The zero-order chi connectivity index (χ0) is 14.5. The van der Waals surface area contributed by atoms with Gasteiger partial charge in [-0.05, 0) is 43.9 Å². The predicted octanol–water partition coefficient (Wildman–Crippen LogP) is 2.34. The standard InChI is InChI=1S/C16H25N3O/c1-11-6-5-7-14(8-11)20-13(3)10-18-16(17-4)19-15-9-12(15)2/h5-8,12-13,15H,9-10H2,1-4H3,(H2,17,18,19). The SMILES string of the molecule is CN=C(NCC(C)Oc1cccc(C)c1)NC1CC1C. The lowest BCUT2D eigenvalue weighted by molar-refractivity contribution is 0.223. The first kappa shape index (κ1) is 14.7. The van der Waals surface area contributed by atoms with Crippen LogP contribution in [-0.2, 0) is 0 Å². The number of ether oxygens (including phenoxy) is 1. The van der Waals surface area contributed by atoms with Crippen LogP contribution >= 0.6 is 0 Å². The molecule has 0 amide bonds. The number of rotatable bonds is 5. The average molecular weight is 275 g/mol. The minimum Gasteiger partial charge on any atom is -0.489 e. The first-order valence-electron chi connectivity index (χ1n) is 7.29. The van der Waals surface area contributed by atoms with E-state index < -0.39 is 0 Å². The predicted molar refractivity (Wildman–Crippen MR) is 83.3 cm³/mol. The van der Waals surface area contributed by atoms with Crippen molar-refractivity contribution in [3.8, 4) is 5.75 Å². The van der Waals surface area contributed by atoms with Crippen LogP contribution in [0.4, 0.5) is 0 Å². The lowest BCUT2D eigenvalue weighted by Crippen LogP contribution is -2.43. The smallest absolute Gasteiger partial charge is 0.191 e. The Labute approximate surface area is 121 Å². The molecule has 2 rings (SSSR count). The molecule has 1 aromatic carbocycles. The molecule has 0 aromatic heterocycles. The fourth-order valence-corrected chi connectivity index (χ4v) is 2.10. The van der Waals surface area contributed by atoms with E-state index >= 15 is 0 Å². The van der Waals surface area contributed by atoms with E-state index in [1.807, 2.05) is 12.1 Å². The Hall–Kier alpha value is -1.71. The number of hydrogen-bond donors (Lipinski definition) is 2. The largest absolute Gasteiger partial charge is 0.489 e. The molecule has 2 N–H and O–H groups in total. The van der Waals surface area contributed by atoms with Crippen molar-refractivity contribution in [2.75, 3.05) is 13.6 Å². The normalized spacial score (nSPS) is 23.1.